The average Bonchev–Trinajstić information content (AvgIpc) is 3.10. The lowest BCUT2D eigenvalue weighted by atomic mass is 9.68. The lowest BCUT2D eigenvalue weighted by Crippen LogP contribution is -2.44. The number of hydrogen-bond acceptors (Lipinski definition) is 4. The van der Waals surface area contributed by atoms with Crippen molar-refractivity contribution in [3.8, 4) is 0 Å². The van der Waals surface area contributed by atoms with Gasteiger partial charge in [0, 0.05) is 5.41 Å². The first-order valence-electron chi connectivity index (χ1n) is 8.50. The molecule has 0 amide bonds. The third-order valence-corrected chi connectivity index (χ3v) is 6.58. The molecule has 3 unspecified atom stereocenters. The second kappa shape index (κ2) is 4.73. The molecule has 2 fully saturated rings. The Morgan fingerprint density at radius 1 is 1.04 bits per heavy atom. The van der Waals surface area contributed by atoms with Gasteiger partial charge in [0.05, 0.1) is 5.41 Å². The quantitative estimate of drug-likeness (QED) is 0.734. The van der Waals surface area contributed by atoms with Crippen LogP contribution in [0.1, 0.15) is 68.7 Å². The SMILES string of the molecule is CC(C)(C)C(C)(C)OC(=O)COC(=O)C1(C(C)(C)C)C2CC21C. The van der Waals surface area contributed by atoms with Crippen LogP contribution < -0.4 is 0 Å². The Morgan fingerprint density at radius 3 is 1.83 bits per heavy atom. The molecule has 0 N–H and O–H groups in total. The Kier molecular flexibility index (Phi) is 3.76. The summed E-state index contributed by atoms with van der Waals surface area (Å²) in [7, 11) is 0. The van der Waals surface area contributed by atoms with Gasteiger partial charge in [-0.3, -0.25) is 4.79 Å². The zero-order chi connectivity index (χ0) is 18.1. The fourth-order valence-corrected chi connectivity index (χ4v) is 4.09. The molecular formula is C19H32O4. The number of hydrogen-bond donors (Lipinski definition) is 0. The molecule has 0 aromatic heterocycles. The van der Waals surface area contributed by atoms with Crippen LogP contribution in [0.3, 0.4) is 0 Å². The second-order valence-corrected chi connectivity index (χ2v) is 10.0. The molecular weight excluding hydrogens is 292 g/mol. The van der Waals surface area contributed by atoms with Crippen LogP contribution in [0.2, 0.25) is 0 Å². The van der Waals surface area contributed by atoms with Crippen molar-refractivity contribution in [1.82, 2.24) is 0 Å². The Labute approximate surface area is 140 Å². The van der Waals surface area contributed by atoms with Crippen LogP contribution >= 0.6 is 0 Å². The minimum absolute atomic E-state index is 0.0664. The van der Waals surface area contributed by atoms with Crippen molar-refractivity contribution >= 4 is 11.9 Å². The lowest BCUT2D eigenvalue weighted by molar-refractivity contribution is -0.180. The highest BCUT2D eigenvalue weighted by Crippen LogP contribution is 2.92. The van der Waals surface area contributed by atoms with Crippen LogP contribution in [0.15, 0.2) is 0 Å². The number of carbonyl (C=O) groups is 2. The Balaban J connectivity index is 1.95. The van der Waals surface area contributed by atoms with Gasteiger partial charge in [0.1, 0.15) is 5.60 Å². The van der Waals surface area contributed by atoms with Crippen LogP contribution in [0.5, 0.6) is 0 Å². The highest BCUT2D eigenvalue weighted by molar-refractivity contribution is 5.88. The predicted molar refractivity (Wildman–Crippen MR) is 88.7 cm³/mol. The monoisotopic (exact) mass is 324 g/mol. The highest BCUT2D eigenvalue weighted by atomic mass is 16.6. The maximum Gasteiger partial charge on any atom is 0.344 e. The maximum absolute atomic E-state index is 12.7. The Bertz CT molecular complexity index is 535. The molecule has 0 spiro atoms. The maximum atomic E-state index is 12.7. The Hall–Kier alpha value is -1.06. The van der Waals surface area contributed by atoms with E-state index in [1.54, 1.807) is 0 Å². The summed E-state index contributed by atoms with van der Waals surface area (Å²) in [6.07, 6.45) is 1.08. The summed E-state index contributed by atoms with van der Waals surface area (Å²) in [6, 6.07) is 0. The first-order chi connectivity index (χ1) is 10.1. The van der Waals surface area contributed by atoms with Crippen LogP contribution in [0, 0.1) is 27.6 Å². The number of ether oxygens (including phenoxy) is 2. The van der Waals surface area contributed by atoms with E-state index in [1.165, 1.54) is 0 Å². The smallest absolute Gasteiger partial charge is 0.344 e. The first-order valence-corrected chi connectivity index (χ1v) is 8.50. The topological polar surface area (TPSA) is 52.6 Å². The van der Waals surface area contributed by atoms with Crippen molar-refractivity contribution in [2.75, 3.05) is 6.61 Å². The second-order valence-electron chi connectivity index (χ2n) is 10.0. The first kappa shape index (κ1) is 18.3. The molecule has 0 aromatic rings. The fourth-order valence-electron chi connectivity index (χ4n) is 4.09. The molecule has 2 aliphatic rings. The van der Waals surface area contributed by atoms with E-state index in [0.29, 0.717) is 5.92 Å². The molecule has 0 heterocycles. The van der Waals surface area contributed by atoms with Crippen molar-refractivity contribution < 1.29 is 19.1 Å². The van der Waals surface area contributed by atoms with Crippen LogP contribution in [-0.4, -0.2) is 24.1 Å². The predicted octanol–water partition coefficient (Wildman–Crippen LogP) is 3.97. The summed E-state index contributed by atoms with van der Waals surface area (Å²) in [6.45, 7) is 17.9. The van der Waals surface area contributed by atoms with Gasteiger partial charge in [-0.05, 0) is 37.0 Å². The standard InChI is InChI=1S/C19H32O4/c1-15(2,3)17(7,8)23-13(20)11-22-14(21)19(16(4,5)6)12-10-18(12,19)9/h12H,10-11H2,1-9H3. The zero-order valence-corrected chi connectivity index (χ0v) is 16.1. The number of fused-ring (bicyclic) bond motifs is 1. The summed E-state index contributed by atoms with van der Waals surface area (Å²) in [5.74, 6) is -0.319. The molecule has 3 atom stereocenters. The van der Waals surface area contributed by atoms with E-state index in [-0.39, 0.29) is 28.8 Å². The Morgan fingerprint density at radius 2 is 1.52 bits per heavy atom. The van der Waals surface area contributed by atoms with Gasteiger partial charge in [0.2, 0.25) is 0 Å². The molecule has 2 saturated carbocycles. The van der Waals surface area contributed by atoms with E-state index >= 15 is 0 Å². The van der Waals surface area contributed by atoms with Crippen LogP contribution in [0.25, 0.3) is 0 Å². The number of rotatable bonds is 4. The van der Waals surface area contributed by atoms with E-state index in [0.717, 1.165) is 6.42 Å². The lowest BCUT2D eigenvalue weighted by Gasteiger charge is -2.38. The summed E-state index contributed by atoms with van der Waals surface area (Å²) in [5.41, 5.74) is -1.33. The minimum Gasteiger partial charge on any atom is -0.457 e. The van der Waals surface area contributed by atoms with Crippen LogP contribution in [0.4, 0.5) is 0 Å². The van der Waals surface area contributed by atoms with E-state index < -0.39 is 17.0 Å². The van der Waals surface area contributed by atoms with Gasteiger partial charge in [-0.2, -0.15) is 0 Å². The minimum atomic E-state index is -0.619. The molecule has 132 valence electrons. The van der Waals surface area contributed by atoms with Crippen molar-refractivity contribution in [1.29, 1.82) is 0 Å². The molecule has 0 aromatic carbocycles. The van der Waals surface area contributed by atoms with Gasteiger partial charge < -0.3 is 9.47 Å². The van der Waals surface area contributed by atoms with Gasteiger partial charge in [0.25, 0.3) is 0 Å². The van der Waals surface area contributed by atoms with Crippen molar-refractivity contribution in [3.05, 3.63) is 0 Å². The summed E-state index contributed by atoms with van der Waals surface area (Å²) < 4.78 is 10.9. The molecule has 4 nitrogen and oxygen atoms in total. The molecule has 0 saturated heterocycles. The fraction of sp³-hybridized carbons (Fsp3) is 0.895. The molecule has 2 aliphatic carbocycles. The average molecular weight is 324 g/mol. The van der Waals surface area contributed by atoms with Gasteiger partial charge in [-0.1, -0.05) is 48.5 Å². The summed E-state index contributed by atoms with van der Waals surface area (Å²) in [5, 5.41) is 0. The van der Waals surface area contributed by atoms with E-state index in [9.17, 15) is 9.59 Å². The largest absolute Gasteiger partial charge is 0.457 e. The van der Waals surface area contributed by atoms with Gasteiger partial charge in [-0.25, -0.2) is 4.79 Å². The van der Waals surface area contributed by atoms with E-state index in [2.05, 4.69) is 27.7 Å². The summed E-state index contributed by atoms with van der Waals surface area (Å²) in [4.78, 5) is 24.7. The van der Waals surface area contributed by atoms with E-state index in [4.69, 9.17) is 9.47 Å². The van der Waals surface area contributed by atoms with Gasteiger partial charge >= 0.3 is 11.9 Å². The van der Waals surface area contributed by atoms with Gasteiger partial charge in [-0.15, -0.1) is 0 Å². The van der Waals surface area contributed by atoms with Crippen molar-refractivity contribution in [3.63, 3.8) is 0 Å². The van der Waals surface area contributed by atoms with E-state index in [1.807, 2.05) is 34.6 Å². The van der Waals surface area contributed by atoms with Crippen LogP contribution in [-0.2, 0) is 19.1 Å². The molecule has 0 bridgehead atoms. The third kappa shape index (κ3) is 2.49. The molecule has 4 heteroatoms. The number of carbonyl (C=O) groups excluding carboxylic acids is 2. The molecule has 2 rings (SSSR count). The number of esters is 2. The normalized spacial score (nSPS) is 32.8. The van der Waals surface area contributed by atoms with Gasteiger partial charge in [0.15, 0.2) is 6.61 Å². The zero-order valence-electron chi connectivity index (χ0n) is 16.1. The molecule has 0 aliphatic heterocycles. The van der Waals surface area contributed by atoms with Crippen molar-refractivity contribution in [2.24, 2.45) is 27.6 Å². The summed E-state index contributed by atoms with van der Waals surface area (Å²) >= 11 is 0. The van der Waals surface area contributed by atoms with Crippen molar-refractivity contribution in [2.45, 2.75) is 74.3 Å². The molecule has 23 heavy (non-hydrogen) atoms. The third-order valence-electron chi connectivity index (χ3n) is 6.58. The molecule has 0 radical (unpaired) electrons. The highest BCUT2D eigenvalue weighted by Gasteiger charge is 2.92.